The summed E-state index contributed by atoms with van der Waals surface area (Å²) in [5.74, 6) is -2.04. The lowest BCUT2D eigenvalue weighted by molar-refractivity contribution is 0.220. The molecule has 0 amide bonds. The molecule has 0 unspecified atom stereocenters. The van der Waals surface area contributed by atoms with Crippen molar-refractivity contribution >= 4 is 15.9 Å². The molecular weight excluding hydrogens is 245 g/mol. The highest BCUT2D eigenvalue weighted by Gasteiger charge is 2.21. The lowest BCUT2D eigenvalue weighted by Crippen LogP contribution is -2.10. The highest BCUT2D eigenvalue weighted by molar-refractivity contribution is 9.10. The zero-order chi connectivity index (χ0) is 10.2. The Morgan fingerprint density at radius 1 is 1.23 bits per heavy atom. The first-order chi connectivity index (χ1) is 5.82. The molecule has 0 radical (unpaired) electrons. The highest BCUT2D eigenvalue weighted by atomic mass is 79.9. The largest absolute Gasteiger partial charge is 0.239 e. The van der Waals surface area contributed by atoms with Gasteiger partial charge in [-0.2, -0.15) is 0 Å². The summed E-state index contributed by atoms with van der Waals surface area (Å²) in [6.07, 6.45) is 0. The second-order valence-electron chi connectivity index (χ2n) is 3.23. The lowest BCUT2D eigenvalue weighted by Gasteiger charge is -2.15. The standard InChI is InChI=1S/C9H8BrF3/c1-9(2,13)5-3-6(10)8(12)7(11)4-5/h3-4H,1-2H3. The summed E-state index contributed by atoms with van der Waals surface area (Å²) < 4.78 is 38.8. The van der Waals surface area contributed by atoms with Gasteiger partial charge in [-0.1, -0.05) is 0 Å². The fraction of sp³-hybridized carbons (Fsp3) is 0.333. The van der Waals surface area contributed by atoms with Gasteiger partial charge in [-0.15, -0.1) is 0 Å². The minimum absolute atomic E-state index is 0.0618. The molecule has 0 bridgehead atoms. The molecule has 0 N–H and O–H groups in total. The van der Waals surface area contributed by atoms with E-state index in [2.05, 4.69) is 15.9 Å². The molecule has 13 heavy (non-hydrogen) atoms. The van der Waals surface area contributed by atoms with E-state index in [1.165, 1.54) is 19.9 Å². The van der Waals surface area contributed by atoms with Crippen molar-refractivity contribution in [2.75, 3.05) is 0 Å². The topological polar surface area (TPSA) is 0 Å². The van der Waals surface area contributed by atoms with Crippen molar-refractivity contribution in [1.29, 1.82) is 0 Å². The molecule has 0 spiro atoms. The Morgan fingerprint density at radius 2 is 1.77 bits per heavy atom. The summed E-state index contributed by atoms with van der Waals surface area (Å²) in [5.41, 5.74) is -1.56. The van der Waals surface area contributed by atoms with Crippen LogP contribution >= 0.6 is 15.9 Å². The Hall–Kier alpha value is -0.510. The average Bonchev–Trinajstić information content (AvgIpc) is 1.97. The Balaban J connectivity index is 3.29. The van der Waals surface area contributed by atoms with E-state index in [0.29, 0.717) is 0 Å². The summed E-state index contributed by atoms with van der Waals surface area (Å²) in [6, 6.07) is 2.10. The van der Waals surface area contributed by atoms with Crippen molar-refractivity contribution in [1.82, 2.24) is 0 Å². The van der Waals surface area contributed by atoms with Crippen LogP contribution in [0.25, 0.3) is 0 Å². The first-order valence-electron chi connectivity index (χ1n) is 3.66. The van der Waals surface area contributed by atoms with Crippen LogP contribution in [0.15, 0.2) is 16.6 Å². The second kappa shape index (κ2) is 3.33. The van der Waals surface area contributed by atoms with E-state index in [1.807, 2.05) is 0 Å². The second-order valence-corrected chi connectivity index (χ2v) is 4.08. The molecule has 0 fully saturated rings. The Morgan fingerprint density at radius 3 is 2.15 bits per heavy atom. The molecule has 0 saturated carbocycles. The maximum atomic E-state index is 13.3. The molecule has 1 aromatic carbocycles. The number of halogens is 4. The van der Waals surface area contributed by atoms with Crippen LogP contribution in [0.1, 0.15) is 19.4 Å². The van der Waals surface area contributed by atoms with Crippen molar-refractivity contribution in [2.45, 2.75) is 19.5 Å². The Bertz CT molecular complexity index is 305. The van der Waals surface area contributed by atoms with Crippen LogP contribution < -0.4 is 0 Å². The van der Waals surface area contributed by atoms with E-state index in [0.717, 1.165) is 6.07 Å². The number of rotatable bonds is 1. The van der Waals surface area contributed by atoms with Crippen molar-refractivity contribution in [3.63, 3.8) is 0 Å². The van der Waals surface area contributed by atoms with Crippen LogP contribution in [0, 0.1) is 11.6 Å². The van der Waals surface area contributed by atoms with Crippen molar-refractivity contribution in [2.24, 2.45) is 0 Å². The van der Waals surface area contributed by atoms with E-state index in [9.17, 15) is 13.2 Å². The van der Waals surface area contributed by atoms with Crippen LogP contribution in [0.4, 0.5) is 13.2 Å². The fourth-order valence-electron chi connectivity index (χ4n) is 0.899. The third kappa shape index (κ3) is 2.24. The van der Waals surface area contributed by atoms with Crippen LogP contribution in [-0.4, -0.2) is 0 Å². The van der Waals surface area contributed by atoms with Gasteiger partial charge in [0, 0.05) is 0 Å². The van der Waals surface area contributed by atoms with Gasteiger partial charge in [-0.25, -0.2) is 13.2 Å². The summed E-state index contributed by atoms with van der Waals surface area (Å²) in [4.78, 5) is 0. The third-order valence-corrected chi connectivity index (χ3v) is 2.25. The van der Waals surface area contributed by atoms with Crippen LogP contribution in [0.2, 0.25) is 0 Å². The zero-order valence-corrected chi connectivity index (χ0v) is 8.75. The van der Waals surface area contributed by atoms with Gasteiger partial charge in [-0.3, -0.25) is 0 Å². The monoisotopic (exact) mass is 252 g/mol. The molecule has 1 rings (SSSR count). The van der Waals surface area contributed by atoms with Crippen LogP contribution in [0.5, 0.6) is 0 Å². The average molecular weight is 253 g/mol. The molecule has 0 heterocycles. The van der Waals surface area contributed by atoms with E-state index >= 15 is 0 Å². The van der Waals surface area contributed by atoms with Gasteiger partial charge in [0.2, 0.25) is 0 Å². The van der Waals surface area contributed by atoms with E-state index < -0.39 is 17.3 Å². The number of hydrogen-bond donors (Lipinski definition) is 0. The maximum Gasteiger partial charge on any atom is 0.172 e. The smallest absolute Gasteiger partial charge is 0.172 e. The van der Waals surface area contributed by atoms with Crippen LogP contribution in [0.3, 0.4) is 0 Å². The molecule has 0 aliphatic heterocycles. The molecule has 0 saturated heterocycles. The van der Waals surface area contributed by atoms with E-state index in [-0.39, 0.29) is 10.0 Å². The summed E-state index contributed by atoms with van der Waals surface area (Å²) in [7, 11) is 0. The van der Waals surface area contributed by atoms with Gasteiger partial charge in [0.1, 0.15) is 5.67 Å². The molecule has 4 heteroatoms. The number of alkyl halides is 1. The lowest BCUT2D eigenvalue weighted by atomic mass is 10.0. The Kier molecular flexibility index (Phi) is 2.71. The fourth-order valence-corrected chi connectivity index (χ4v) is 1.33. The highest BCUT2D eigenvalue weighted by Crippen LogP contribution is 2.29. The molecule has 0 atom stereocenters. The quantitative estimate of drug-likeness (QED) is 0.665. The SMILES string of the molecule is CC(C)(F)c1cc(F)c(F)c(Br)c1. The molecule has 0 aliphatic rings. The molecule has 72 valence electrons. The van der Waals surface area contributed by atoms with E-state index in [1.54, 1.807) is 0 Å². The van der Waals surface area contributed by atoms with Gasteiger partial charge < -0.3 is 0 Å². The normalized spacial score (nSPS) is 11.8. The first-order valence-corrected chi connectivity index (χ1v) is 4.45. The van der Waals surface area contributed by atoms with Gasteiger partial charge in [-0.05, 0) is 47.5 Å². The molecule has 0 aromatic heterocycles. The van der Waals surface area contributed by atoms with Gasteiger partial charge in [0.15, 0.2) is 11.6 Å². The minimum Gasteiger partial charge on any atom is -0.239 e. The predicted molar refractivity (Wildman–Crippen MR) is 48.2 cm³/mol. The summed E-state index contributed by atoms with van der Waals surface area (Å²) in [6.45, 7) is 2.57. The summed E-state index contributed by atoms with van der Waals surface area (Å²) in [5, 5.41) is 0. The van der Waals surface area contributed by atoms with Crippen molar-refractivity contribution < 1.29 is 13.2 Å². The van der Waals surface area contributed by atoms with Crippen molar-refractivity contribution in [3.05, 3.63) is 33.8 Å². The minimum atomic E-state index is -1.67. The molecular formula is C9H8BrF3. The van der Waals surface area contributed by atoms with Gasteiger partial charge >= 0.3 is 0 Å². The molecule has 1 aromatic rings. The zero-order valence-electron chi connectivity index (χ0n) is 7.17. The summed E-state index contributed by atoms with van der Waals surface area (Å²) >= 11 is 2.81. The predicted octanol–water partition coefficient (Wildman–Crippen LogP) is 3.93. The van der Waals surface area contributed by atoms with Gasteiger partial charge in [0.25, 0.3) is 0 Å². The molecule has 0 nitrogen and oxygen atoms in total. The number of benzene rings is 1. The first kappa shape index (κ1) is 10.6. The maximum absolute atomic E-state index is 13.3. The third-order valence-electron chi connectivity index (χ3n) is 1.67. The van der Waals surface area contributed by atoms with Crippen LogP contribution in [-0.2, 0) is 5.67 Å². The van der Waals surface area contributed by atoms with E-state index in [4.69, 9.17) is 0 Å². The van der Waals surface area contributed by atoms with Gasteiger partial charge in [0.05, 0.1) is 4.47 Å². The molecule has 0 aliphatic carbocycles. The van der Waals surface area contributed by atoms with Crippen molar-refractivity contribution in [3.8, 4) is 0 Å². The number of hydrogen-bond acceptors (Lipinski definition) is 0. The Labute approximate surface area is 82.9 Å².